The summed E-state index contributed by atoms with van der Waals surface area (Å²) in [6.45, 7) is 7.91. The summed E-state index contributed by atoms with van der Waals surface area (Å²) in [5, 5.41) is 18.1. The third-order valence-corrected chi connectivity index (χ3v) is 4.09. The third-order valence-electron chi connectivity index (χ3n) is 4.09. The lowest BCUT2D eigenvalue weighted by Gasteiger charge is -2.12. The summed E-state index contributed by atoms with van der Waals surface area (Å²) >= 11 is 0. The lowest BCUT2D eigenvalue weighted by atomic mass is 10.0. The number of benzene rings is 2. The van der Waals surface area contributed by atoms with Gasteiger partial charge in [-0.25, -0.2) is 9.59 Å². The van der Waals surface area contributed by atoms with Gasteiger partial charge in [-0.05, 0) is 35.2 Å². The van der Waals surface area contributed by atoms with Crippen LogP contribution in [0.5, 0.6) is 11.5 Å². The Bertz CT molecular complexity index is 863. The first kappa shape index (κ1) is 22.1. The second kappa shape index (κ2) is 10.4. The van der Waals surface area contributed by atoms with Crippen LogP contribution in [0.1, 0.15) is 18.9 Å². The van der Waals surface area contributed by atoms with E-state index in [4.69, 9.17) is 19.7 Å². The van der Waals surface area contributed by atoms with Gasteiger partial charge >= 0.3 is 11.9 Å². The molecule has 0 radical (unpaired) electrons. The first-order valence-electron chi connectivity index (χ1n) is 9.14. The molecule has 2 N–H and O–H groups in total. The molecule has 0 aliphatic heterocycles. The Morgan fingerprint density at radius 1 is 0.828 bits per heavy atom. The van der Waals surface area contributed by atoms with Gasteiger partial charge in [0, 0.05) is 6.07 Å². The maximum atomic E-state index is 12.0. The van der Waals surface area contributed by atoms with Crippen LogP contribution in [0, 0.1) is 0 Å². The molecule has 0 saturated carbocycles. The Hall–Kier alpha value is -3.22. The number of aliphatic hydroxyl groups excluding tert-OH is 2. The van der Waals surface area contributed by atoms with E-state index >= 15 is 0 Å². The molecule has 2 aromatic carbocycles. The second-order valence-electron chi connectivity index (χ2n) is 6.44. The van der Waals surface area contributed by atoms with E-state index < -0.39 is 25.2 Å². The molecule has 6 heteroatoms. The summed E-state index contributed by atoms with van der Waals surface area (Å²) in [6.07, 6.45) is 2.00. The molecule has 152 valence electrons. The number of aryl methyl sites for hydroxylation is 1. The average molecular weight is 396 g/mol. The van der Waals surface area contributed by atoms with Gasteiger partial charge < -0.3 is 19.7 Å². The highest BCUT2D eigenvalue weighted by molar-refractivity contribution is 5.91. The molecule has 0 aliphatic rings. The molecule has 0 saturated heterocycles. The minimum atomic E-state index is -0.792. The lowest BCUT2D eigenvalue weighted by molar-refractivity contribution is -0.131. The summed E-state index contributed by atoms with van der Waals surface area (Å²) in [5.74, 6) is -1.34. The summed E-state index contributed by atoms with van der Waals surface area (Å²) in [7, 11) is 0. The lowest BCUT2D eigenvalue weighted by Crippen LogP contribution is -2.14. The van der Waals surface area contributed by atoms with Gasteiger partial charge in [-0.2, -0.15) is 0 Å². The van der Waals surface area contributed by atoms with E-state index in [-0.39, 0.29) is 22.6 Å². The van der Waals surface area contributed by atoms with Crippen molar-refractivity contribution in [2.45, 2.75) is 19.8 Å². The van der Waals surface area contributed by atoms with Gasteiger partial charge in [0.05, 0.1) is 24.4 Å². The number of carbonyl (C=O) groups excluding carboxylic acids is 2. The van der Waals surface area contributed by atoms with Crippen molar-refractivity contribution in [2.24, 2.45) is 0 Å². The van der Waals surface area contributed by atoms with Crippen LogP contribution in [0.3, 0.4) is 0 Å². The molecule has 0 amide bonds. The van der Waals surface area contributed by atoms with E-state index in [1.165, 1.54) is 11.6 Å². The standard InChI is InChI=1S/C23H24O6/c1-4-5-17-6-8-18(9-7-17)19-10-20(28-22(26)15(2)13-24)12-21(11-19)29-23(27)16(3)14-25/h6-12,24-25H,2-5,13-14H2,1H3. The first-order chi connectivity index (χ1) is 13.9. The van der Waals surface area contributed by atoms with Gasteiger partial charge in [0.25, 0.3) is 0 Å². The van der Waals surface area contributed by atoms with Crippen LogP contribution >= 0.6 is 0 Å². The van der Waals surface area contributed by atoms with Gasteiger partial charge in [-0.15, -0.1) is 0 Å². The topological polar surface area (TPSA) is 93.1 Å². The molecular weight excluding hydrogens is 372 g/mol. The Labute approximate surface area is 169 Å². The van der Waals surface area contributed by atoms with Crippen LogP contribution in [0.2, 0.25) is 0 Å². The fraction of sp³-hybridized carbons (Fsp3) is 0.217. The molecule has 6 nitrogen and oxygen atoms in total. The summed E-state index contributed by atoms with van der Waals surface area (Å²) < 4.78 is 10.5. The maximum absolute atomic E-state index is 12.0. The molecule has 0 spiro atoms. The average Bonchev–Trinajstić information content (AvgIpc) is 2.72. The van der Waals surface area contributed by atoms with Gasteiger partial charge in [-0.1, -0.05) is 50.8 Å². The molecule has 0 aromatic heterocycles. The summed E-state index contributed by atoms with van der Waals surface area (Å²) in [6, 6.07) is 12.5. The van der Waals surface area contributed by atoms with E-state index in [2.05, 4.69) is 20.1 Å². The molecule has 2 aromatic rings. The molecule has 0 aliphatic carbocycles. The van der Waals surface area contributed by atoms with E-state index in [0.717, 1.165) is 18.4 Å². The first-order valence-corrected chi connectivity index (χ1v) is 9.14. The minimum absolute atomic E-state index is 0.105. The molecule has 29 heavy (non-hydrogen) atoms. The van der Waals surface area contributed by atoms with Crippen LogP contribution in [0.25, 0.3) is 11.1 Å². The van der Waals surface area contributed by atoms with Gasteiger partial charge in [0.15, 0.2) is 0 Å². The molecule has 0 unspecified atom stereocenters. The zero-order chi connectivity index (χ0) is 21.4. The molecule has 0 bridgehead atoms. The number of rotatable bonds is 9. The number of esters is 2. The van der Waals surface area contributed by atoms with Crippen LogP contribution in [-0.2, 0) is 16.0 Å². The second-order valence-corrected chi connectivity index (χ2v) is 6.44. The van der Waals surface area contributed by atoms with Crippen LogP contribution in [-0.4, -0.2) is 35.4 Å². The van der Waals surface area contributed by atoms with Crippen LogP contribution < -0.4 is 9.47 Å². The van der Waals surface area contributed by atoms with Crippen molar-refractivity contribution in [3.05, 3.63) is 72.3 Å². The van der Waals surface area contributed by atoms with Crippen LogP contribution in [0.4, 0.5) is 0 Å². The van der Waals surface area contributed by atoms with E-state index in [1.807, 2.05) is 24.3 Å². The fourth-order valence-corrected chi connectivity index (χ4v) is 2.50. The molecule has 2 rings (SSSR count). The molecule has 0 atom stereocenters. The predicted molar refractivity (Wildman–Crippen MR) is 110 cm³/mol. The Balaban J connectivity index is 2.40. The maximum Gasteiger partial charge on any atom is 0.341 e. The van der Waals surface area contributed by atoms with E-state index in [1.54, 1.807) is 12.1 Å². The van der Waals surface area contributed by atoms with E-state index in [9.17, 15) is 9.59 Å². The number of aliphatic hydroxyl groups is 2. The third kappa shape index (κ3) is 6.14. The summed E-state index contributed by atoms with van der Waals surface area (Å²) in [5.41, 5.74) is 2.48. The van der Waals surface area contributed by atoms with Gasteiger partial charge in [0.1, 0.15) is 11.5 Å². The zero-order valence-electron chi connectivity index (χ0n) is 16.3. The molecular formula is C23H24O6. The minimum Gasteiger partial charge on any atom is -0.423 e. The van der Waals surface area contributed by atoms with Crippen LogP contribution in [0.15, 0.2) is 66.8 Å². The van der Waals surface area contributed by atoms with Crippen molar-refractivity contribution >= 4 is 11.9 Å². The summed E-state index contributed by atoms with van der Waals surface area (Å²) in [4.78, 5) is 23.9. The van der Waals surface area contributed by atoms with Crippen molar-refractivity contribution in [3.63, 3.8) is 0 Å². The quantitative estimate of drug-likeness (QED) is 0.384. The van der Waals surface area contributed by atoms with Crippen molar-refractivity contribution in [1.29, 1.82) is 0 Å². The number of hydrogen-bond acceptors (Lipinski definition) is 6. The van der Waals surface area contributed by atoms with Crippen molar-refractivity contribution in [2.75, 3.05) is 13.2 Å². The van der Waals surface area contributed by atoms with E-state index in [0.29, 0.717) is 5.56 Å². The Kier molecular flexibility index (Phi) is 7.88. The largest absolute Gasteiger partial charge is 0.423 e. The predicted octanol–water partition coefficient (Wildman–Crippen LogP) is 3.21. The monoisotopic (exact) mass is 396 g/mol. The Morgan fingerprint density at radius 2 is 1.31 bits per heavy atom. The number of carbonyl (C=O) groups is 2. The zero-order valence-corrected chi connectivity index (χ0v) is 16.3. The number of ether oxygens (including phenoxy) is 2. The fourth-order valence-electron chi connectivity index (χ4n) is 2.50. The SMILES string of the molecule is C=C(CO)C(=O)Oc1cc(OC(=O)C(=C)CO)cc(-c2ccc(CCC)cc2)c1. The smallest absolute Gasteiger partial charge is 0.341 e. The molecule has 0 fully saturated rings. The van der Waals surface area contributed by atoms with Crippen molar-refractivity contribution in [1.82, 2.24) is 0 Å². The van der Waals surface area contributed by atoms with Crippen molar-refractivity contribution in [3.8, 4) is 22.6 Å². The number of hydrogen-bond donors (Lipinski definition) is 2. The van der Waals surface area contributed by atoms with Gasteiger partial charge in [-0.3, -0.25) is 0 Å². The highest BCUT2D eigenvalue weighted by Gasteiger charge is 2.15. The Morgan fingerprint density at radius 3 is 1.72 bits per heavy atom. The van der Waals surface area contributed by atoms with Crippen molar-refractivity contribution < 1.29 is 29.3 Å². The molecule has 0 heterocycles. The highest BCUT2D eigenvalue weighted by Crippen LogP contribution is 2.31. The van der Waals surface area contributed by atoms with Gasteiger partial charge in [0.2, 0.25) is 0 Å². The highest BCUT2D eigenvalue weighted by atomic mass is 16.5. The normalized spacial score (nSPS) is 10.3.